The zero-order chi connectivity index (χ0) is 14.4. The highest BCUT2D eigenvalue weighted by atomic mass is 79.9. The van der Waals surface area contributed by atoms with Gasteiger partial charge in [-0.3, -0.25) is 0 Å². The van der Waals surface area contributed by atoms with Gasteiger partial charge in [-0.05, 0) is 34.1 Å². The van der Waals surface area contributed by atoms with Gasteiger partial charge in [-0.2, -0.15) is 9.64 Å². The molecule has 8 heteroatoms. The molecule has 20 heavy (non-hydrogen) atoms. The van der Waals surface area contributed by atoms with E-state index in [9.17, 15) is 5.11 Å². The van der Waals surface area contributed by atoms with Gasteiger partial charge in [-0.1, -0.05) is 0 Å². The van der Waals surface area contributed by atoms with Gasteiger partial charge >= 0.3 is 0 Å². The number of hydrogen-bond donors (Lipinski definition) is 2. The zero-order valence-electron chi connectivity index (χ0n) is 10.3. The molecule has 1 heterocycles. The molecular weight excluding hydrogens is 344 g/mol. The summed E-state index contributed by atoms with van der Waals surface area (Å²) in [6, 6.07) is 7.25. The van der Waals surface area contributed by atoms with Crippen LogP contribution in [0.5, 0.6) is 5.88 Å². The van der Waals surface area contributed by atoms with Crippen LogP contribution in [0.3, 0.4) is 0 Å². The van der Waals surface area contributed by atoms with Crippen LogP contribution in [0.1, 0.15) is 5.56 Å². The van der Waals surface area contributed by atoms with Crippen LogP contribution in [0.25, 0.3) is 0 Å². The first-order valence-electron chi connectivity index (χ1n) is 5.71. The molecule has 1 aromatic carbocycles. The summed E-state index contributed by atoms with van der Waals surface area (Å²) in [5.74, 6) is 0.411. The van der Waals surface area contributed by atoms with Crippen LogP contribution in [0.4, 0.5) is 5.69 Å². The van der Waals surface area contributed by atoms with Crippen molar-refractivity contribution in [2.75, 3.05) is 18.5 Å². The van der Waals surface area contributed by atoms with Gasteiger partial charge in [-0.15, -0.1) is 4.37 Å². The van der Waals surface area contributed by atoms with Crippen molar-refractivity contribution in [2.24, 2.45) is 0 Å². The zero-order valence-corrected chi connectivity index (χ0v) is 12.7. The quantitative estimate of drug-likeness (QED) is 0.824. The van der Waals surface area contributed by atoms with E-state index in [1.807, 2.05) is 0 Å². The van der Waals surface area contributed by atoms with Gasteiger partial charge in [0, 0.05) is 16.7 Å². The lowest BCUT2D eigenvalue weighted by Gasteiger charge is -2.13. The molecule has 2 N–H and O–H groups in total. The Kier molecular flexibility index (Phi) is 5.29. The molecule has 2 rings (SSSR count). The molecule has 0 aliphatic heterocycles. The van der Waals surface area contributed by atoms with Gasteiger partial charge < -0.3 is 15.2 Å². The Balaban J connectivity index is 1.81. The van der Waals surface area contributed by atoms with E-state index < -0.39 is 6.10 Å². The highest BCUT2D eigenvalue weighted by Gasteiger charge is 2.08. The first kappa shape index (κ1) is 14.7. The number of nitrogens with one attached hydrogen (secondary N) is 1. The first-order valence-corrected chi connectivity index (χ1v) is 7.23. The number of benzene rings is 1. The van der Waals surface area contributed by atoms with Gasteiger partial charge in [0.15, 0.2) is 0 Å². The molecule has 1 atom stereocenters. The summed E-state index contributed by atoms with van der Waals surface area (Å²) in [6.07, 6.45) is 0.821. The van der Waals surface area contributed by atoms with E-state index in [1.165, 1.54) is 6.20 Å². The molecule has 6 nitrogen and oxygen atoms in total. The fourth-order valence-electron chi connectivity index (χ4n) is 1.42. The standard InChI is InChI=1S/C12H11BrN4O2S/c13-10-3-8(4-14)1-2-11(10)15-5-9(18)7-19-12-6-16-20-17-12/h1-3,6,9,15,18H,5,7H2. The van der Waals surface area contributed by atoms with Crippen LogP contribution >= 0.6 is 27.7 Å². The minimum Gasteiger partial charge on any atom is -0.473 e. The van der Waals surface area contributed by atoms with Crippen LogP contribution in [-0.4, -0.2) is 33.1 Å². The fraction of sp³-hybridized carbons (Fsp3) is 0.250. The third kappa shape index (κ3) is 4.16. The predicted octanol–water partition coefficient (Wildman–Crippen LogP) is 2.02. The Morgan fingerprint density at radius 1 is 1.55 bits per heavy atom. The summed E-state index contributed by atoms with van der Waals surface area (Å²) in [5.41, 5.74) is 1.38. The van der Waals surface area contributed by atoms with Crippen molar-refractivity contribution in [3.63, 3.8) is 0 Å². The molecule has 0 radical (unpaired) electrons. The molecule has 2 aromatic rings. The normalized spacial score (nSPS) is 11.7. The van der Waals surface area contributed by atoms with Crippen molar-refractivity contribution < 1.29 is 9.84 Å². The van der Waals surface area contributed by atoms with Crippen molar-refractivity contribution in [1.29, 1.82) is 5.26 Å². The Morgan fingerprint density at radius 2 is 2.40 bits per heavy atom. The largest absolute Gasteiger partial charge is 0.473 e. The van der Waals surface area contributed by atoms with Crippen LogP contribution in [0.15, 0.2) is 28.9 Å². The number of aromatic nitrogens is 2. The molecule has 0 aliphatic carbocycles. The molecule has 0 saturated carbocycles. The maximum absolute atomic E-state index is 9.80. The molecule has 0 saturated heterocycles. The second-order valence-electron chi connectivity index (χ2n) is 3.90. The van der Waals surface area contributed by atoms with Gasteiger partial charge in [0.2, 0.25) is 5.88 Å². The Bertz CT molecular complexity index is 600. The average molecular weight is 355 g/mol. The van der Waals surface area contributed by atoms with E-state index in [0.717, 1.165) is 21.9 Å². The fourth-order valence-corrected chi connectivity index (χ4v) is 2.30. The van der Waals surface area contributed by atoms with Gasteiger partial charge in [-0.25, -0.2) is 0 Å². The summed E-state index contributed by atoms with van der Waals surface area (Å²) in [4.78, 5) is 0. The number of aliphatic hydroxyl groups is 1. The summed E-state index contributed by atoms with van der Waals surface area (Å²) in [6.45, 7) is 0.453. The maximum atomic E-state index is 9.80. The number of anilines is 1. The second-order valence-corrected chi connectivity index (χ2v) is 5.31. The van der Waals surface area contributed by atoms with Crippen molar-refractivity contribution in [1.82, 2.24) is 8.75 Å². The van der Waals surface area contributed by atoms with Gasteiger partial charge in [0.1, 0.15) is 18.9 Å². The third-order valence-electron chi connectivity index (χ3n) is 2.39. The van der Waals surface area contributed by atoms with E-state index in [2.05, 4.69) is 36.1 Å². The Hall–Kier alpha value is -1.69. The molecule has 1 aromatic heterocycles. The number of nitrogens with zero attached hydrogens (tertiary/aromatic N) is 3. The SMILES string of the molecule is N#Cc1ccc(NCC(O)COc2cnsn2)c(Br)c1. The topological polar surface area (TPSA) is 91.1 Å². The van der Waals surface area contributed by atoms with E-state index in [0.29, 0.717) is 18.0 Å². The van der Waals surface area contributed by atoms with Crippen molar-refractivity contribution >= 4 is 33.3 Å². The van der Waals surface area contributed by atoms with Gasteiger partial charge in [0.25, 0.3) is 0 Å². The van der Waals surface area contributed by atoms with Crippen molar-refractivity contribution in [3.8, 4) is 11.9 Å². The molecule has 0 aliphatic rings. The third-order valence-corrected chi connectivity index (χ3v) is 3.51. The lowest BCUT2D eigenvalue weighted by atomic mass is 10.2. The summed E-state index contributed by atoms with van der Waals surface area (Å²) in [7, 11) is 0. The van der Waals surface area contributed by atoms with E-state index in [-0.39, 0.29) is 6.61 Å². The number of rotatable bonds is 6. The highest BCUT2D eigenvalue weighted by molar-refractivity contribution is 9.10. The Morgan fingerprint density at radius 3 is 3.05 bits per heavy atom. The van der Waals surface area contributed by atoms with Gasteiger partial charge in [0.05, 0.1) is 23.4 Å². The molecule has 0 amide bonds. The minimum atomic E-state index is -0.681. The number of nitriles is 1. The van der Waals surface area contributed by atoms with Crippen molar-refractivity contribution in [3.05, 3.63) is 34.4 Å². The molecular formula is C12H11BrN4O2S. The number of aliphatic hydroxyl groups excluding tert-OH is 1. The van der Waals surface area contributed by atoms with Crippen LogP contribution in [-0.2, 0) is 0 Å². The summed E-state index contributed by atoms with van der Waals surface area (Å²) >= 11 is 4.42. The smallest absolute Gasteiger partial charge is 0.245 e. The maximum Gasteiger partial charge on any atom is 0.245 e. The lowest BCUT2D eigenvalue weighted by molar-refractivity contribution is 0.115. The van der Waals surface area contributed by atoms with E-state index in [1.54, 1.807) is 18.2 Å². The van der Waals surface area contributed by atoms with E-state index >= 15 is 0 Å². The van der Waals surface area contributed by atoms with Crippen LogP contribution in [0.2, 0.25) is 0 Å². The number of halogens is 1. The second kappa shape index (κ2) is 7.19. The van der Waals surface area contributed by atoms with Crippen LogP contribution < -0.4 is 10.1 Å². The molecule has 0 spiro atoms. The predicted molar refractivity (Wildman–Crippen MR) is 78.8 cm³/mol. The molecule has 0 fully saturated rings. The van der Waals surface area contributed by atoms with Crippen molar-refractivity contribution in [2.45, 2.75) is 6.10 Å². The summed E-state index contributed by atoms with van der Waals surface area (Å²) < 4.78 is 13.7. The lowest BCUT2D eigenvalue weighted by Crippen LogP contribution is -2.26. The number of hydrogen-bond acceptors (Lipinski definition) is 7. The minimum absolute atomic E-state index is 0.131. The molecule has 1 unspecified atom stereocenters. The number of ether oxygens (including phenoxy) is 1. The first-order chi connectivity index (χ1) is 9.69. The van der Waals surface area contributed by atoms with E-state index in [4.69, 9.17) is 10.00 Å². The highest BCUT2D eigenvalue weighted by Crippen LogP contribution is 2.23. The molecule has 104 valence electrons. The Labute approximate surface area is 128 Å². The summed E-state index contributed by atoms with van der Waals surface area (Å²) in [5, 5.41) is 21.6. The van der Waals surface area contributed by atoms with Crippen LogP contribution in [0, 0.1) is 11.3 Å². The average Bonchev–Trinajstić information content (AvgIpc) is 2.97. The monoisotopic (exact) mass is 354 g/mol. The molecule has 0 bridgehead atoms.